The maximum absolute atomic E-state index is 12.6. The molecule has 4 atom stereocenters. The predicted molar refractivity (Wildman–Crippen MR) is 154 cm³/mol. The van der Waals surface area contributed by atoms with Gasteiger partial charge in [-0.1, -0.05) is 62.3 Å². The zero-order valence-electron chi connectivity index (χ0n) is 23.1. The van der Waals surface area contributed by atoms with Crippen LogP contribution in [0.4, 0.5) is 5.69 Å². The van der Waals surface area contributed by atoms with Gasteiger partial charge in [-0.2, -0.15) is 0 Å². The molecule has 6 heteroatoms. The molecular weight excluding hydrogens is 478 g/mol. The molecule has 2 aromatic rings. The largest absolute Gasteiger partial charge is 0.497 e. The molecule has 2 aliphatic rings. The van der Waals surface area contributed by atoms with Gasteiger partial charge in [0.25, 0.3) is 0 Å². The summed E-state index contributed by atoms with van der Waals surface area (Å²) in [5.74, 6) is 1.57. The zero-order chi connectivity index (χ0) is 26.4. The van der Waals surface area contributed by atoms with E-state index in [9.17, 15) is 9.90 Å². The van der Waals surface area contributed by atoms with E-state index in [1.54, 1.807) is 7.11 Å². The second-order valence-electron chi connectivity index (χ2n) is 11.5. The highest BCUT2D eigenvalue weighted by Gasteiger charge is 2.50. The van der Waals surface area contributed by atoms with Crippen LogP contribution in [0.2, 0.25) is 18.6 Å². The maximum atomic E-state index is 12.6. The van der Waals surface area contributed by atoms with Gasteiger partial charge in [0.05, 0.1) is 27.4 Å². The van der Waals surface area contributed by atoms with Crippen molar-refractivity contribution in [3.05, 3.63) is 54.1 Å². The number of anilines is 1. The Morgan fingerprint density at radius 1 is 0.973 bits per heavy atom. The lowest BCUT2D eigenvalue weighted by molar-refractivity contribution is -0.118. The summed E-state index contributed by atoms with van der Waals surface area (Å²) >= 11 is 0. The van der Waals surface area contributed by atoms with E-state index in [-0.39, 0.29) is 24.7 Å². The highest BCUT2D eigenvalue weighted by molar-refractivity contribution is 6.91. The van der Waals surface area contributed by atoms with Gasteiger partial charge in [-0.25, -0.2) is 0 Å². The van der Waals surface area contributed by atoms with Gasteiger partial charge in [-0.05, 0) is 73.4 Å². The van der Waals surface area contributed by atoms with Crippen molar-refractivity contribution in [1.29, 1.82) is 0 Å². The van der Waals surface area contributed by atoms with Crippen LogP contribution in [0.15, 0.2) is 48.5 Å². The third kappa shape index (κ3) is 6.47. The summed E-state index contributed by atoms with van der Waals surface area (Å²) in [5.41, 5.74) is 2.75. The summed E-state index contributed by atoms with van der Waals surface area (Å²) in [6.45, 7) is 8.22. The standard InChI is InChI=1S/C31H45NO4Si/c1-23-28(19-12-24-10-13-25(14-11-24)32-21-8-6-5-7-9-30(32)34)36-29(20-22-33)31(23)37(3,4)27-17-15-26(35-2)16-18-27/h10-11,13-18,23,28-29,31,33H,5-9,12,19-22H2,1-4H3/t23-,28+,29-,31+/m1/s1. The van der Waals surface area contributed by atoms with E-state index in [1.807, 2.05) is 4.90 Å². The molecule has 0 bridgehead atoms. The van der Waals surface area contributed by atoms with Crippen molar-refractivity contribution in [2.45, 2.75) is 89.1 Å². The van der Waals surface area contributed by atoms with Crippen molar-refractivity contribution in [1.82, 2.24) is 0 Å². The Bertz CT molecular complexity index is 1010. The lowest BCUT2D eigenvalue weighted by Gasteiger charge is -2.36. The van der Waals surface area contributed by atoms with E-state index >= 15 is 0 Å². The van der Waals surface area contributed by atoms with Crippen molar-refractivity contribution >= 4 is 24.9 Å². The number of nitrogens with zero attached hydrogens (tertiary/aromatic N) is 1. The van der Waals surface area contributed by atoms with Crippen LogP contribution in [0.25, 0.3) is 0 Å². The van der Waals surface area contributed by atoms with Gasteiger partial charge in [0.1, 0.15) is 5.75 Å². The molecule has 0 aliphatic carbocycles. The van der Waals surface area contributed by atoms with Crippen LogP contribution in [0, 0.1) is 5.92 Å². The number of amides is 1. The summed E-state index contributed by atoms with van der Waals surface area (Å²) in [6.07, 6.45) is 8.00. The van der Waals surface area contributed by atoms with Crippen LogP contribution in [-0.2, 0) is 16.0 Å². The summed E-state index contributed by atoms with van der Waals surface area (Å²) in [5, 5.41) is 11.2. The average molecular weight is 524 g/mol. The zero-order valence-corrected chi connectivity index (χ0v) is 24.1. The Kier molecular flexibility index (Phi) is 9.49. The summed E-state index contributed by atoms with van der Waals surface area (Å²) in [6, 6.07) is 17.2. The normalized spacial score (nSPS) is 25.1. The molecule has 2 heterocycles. The first-order valence-corrected chi connectivity index (χ1v) is 17.2. The quantitative estimate of drug-likeness (QED) is 0.429. The molecule has 2 saturated heterocycles. The van der Waals surface area contributed by atoms with E-state index in [0.29, 0.717) is 24.3 Å². The minimum absolute atomic E-state index is 0.0919. The van der Waals surface area contributed by atoms with Gasteiger partial charge in [-0.3, -0.25) is 4.79 Å². The highest BCUT2D eigenvalue weighted by atomic mass is 28.3. The van der Waals surface area contributed by atoms with E-state index < -0.39 is 8.07 Å². The fourth-order valence-corrected chi connectivity index (χ4v) is 10.7. The molecule has 0 spiro atoms. The van der Waals surface area contributed by atoms with Crippen molar-refractivity contribution in [2.24, 2.45) is 5.92 Å². The number of methoxy groups -OCH3 is 1. The molecule has 0 aromatic heterocycles. The number of benzene rings is 2. The topological polar surface area (TPSA) is 59.0 Å². The number of hydrogen-bond acceptors (Lipinski definition) is 4. The molecular formula is C31H45NO4Si. The number of aryl methyl sites for hydroxylation is 1. The number of aliphatic hydroxyl groups is 1. The summed E-state index contributed by atoms with van der Waals surface area (Å²) in [4.78, 5) is 14.6. The first-order chi connectivity index (χ1) is 17.8. The average Bonchev–Trinajstić information content (AvgIpc) is 3.21. The molecule has 1 N–H and O–H groups in total. The number of hydrogen-bond donors (Lipinski definition) is 1. The minimum atomic E-state index is -1.87. The van der Waals surface area contributed by atoms with Crippen LogP contribution < -0.4 is 14.8 Å². The first kappa shape index (κ1) is 27.9. The Labute approximate surface area is 224 Å². The molecule has 2 fully saturated rings. The molecule has 202 valence electrons. The van der Waals surface area contributed by atoms with E-state index in [1.165, 1.54) is 23.6 Å². The molecule has 5 nitrogen and oxygen atoms in total. The SMILES string of the molecule is COc1ccc([Si](C)(C)[C@H]2[C@H](C)[C@H](CCc3ccc(N4CCCCCCC4=O)cc3)O[C@@H]2CCO)cc1. The number of aliphatic hydroxyl groups excluding tert-OH is 1. The van der Waals surface area contributed by atoms with E-state index in [0.717, 1.165) is 43.7 Å². The number of carbonyl (C=O) groups is 1. The molecule has 37 heavy (non-hydrogen) atoms. The van der Waals surface area contributed by atoms with Crippen molar-refractivity contribution < 1.29 is 19.4 Å². The Balaban J connectivity index is 1.42. The highest BCUT2D eigenvalue weighted by Crippen LogP contribution is 2.46. The molecule has 0 radical (unpaired) electrons. The summed E-state index contributed by atoms with van der Waals surface area (Å²) in [7, 11) is -0.162. The van der Waals surface area contributed by atoms with Gasteiger partial charge in [0.2, 0.25) is 5.91 Å². The van der Waals surface area contributed by atoms with Crippen LogP contribution in [0.1, 0.15) is 57.4 Å². The smallest absolute Gasteiger partial charge is 0.226 e. The van der Waals surface area contributed by atoms with Crippen LogP contribution in [0.5, 0.6) is 5.75 Å². The Morgan fingerprint density at radius 3 is 2.35 bits per heavy atom. The van der Waals surface area contributed by atoms with Crippen LogP contribution >= 0.6 is 0 Å². The minimum Gasteiger partial charge on any atom is -0.497 e. The van der Waals surface area contributed by atoms with Crippen molar-refractivity contribution in [2.75, 3.05) is 25.2 Å². The van der Waals surface area contributed by atoms with Crippen LogP contribution in [0.3, 0.4) is 0 Å². The molecule has 4 rings (SSSR count). The first-order valence-electron chi connectivity index (χ1n) is 14.1. The third-order valence-corrected chi connectivity index (χ3v) is 13.2. The second-order valence-corrected chi connectivity index (χ2v) is 16.2. The van der Waals surface area contributed by atoms with Crippen molar-refractivity contribution in [3.8, 4) is 5.75 Å². The lowest BCUT2D eigenvalue weighted by atomic mass is 9.95. The molecule has 0 unspecified atom stereocenters. The van der Waals surface area contributed by atoms with Gasteiger partial charge in [0, 0.05) is 25.3 Å². The Morgan fingerprint density at radius 2 is 1.68 bits per heavy atom. The molecule has 2 aliphatic heterocycles. The fraction of sp³-hybridized carbons (Fsp3) is 0.581. The maximum Gasteiger partial charge on any atom is 0.226 e. The molecule has 1 amide bonds. The van der Waals surface area contributed by atoms with Gasteiger partial charge in [0.15, 0.2) is 0 Å². The van der Waals surface area contributed by atoms with Gasteiger partial charge < -0.3 is 19.5 Å². The number of carbonyl (C=O) groups excluding carboxylic acids is 1. The van der Waals surface area contributed by atoms with E-state index in [4.69, 9.17) is 9.47 Å². The van der Waals surface area contributed by atoms with Crippen LogP contribution in [-0.4, -0.2) is 51.6 Å². The fourth-order valence-electron chi connectivity index (χ4n) is 6.63. The number of rotatable bonds is 9. The third-order valence-electron chi connectivity index (χ3n) is 8.77. The van der Waals surface area contributed by atoms with Crippen molar-refractivity contribution in [3.63, 3.8) is 0 Å². The molecule has 2 aromatic carbocycles. The lowest BCUT2D eigenvalue weighted by Crippen LogP contribution is -2.50. The van der Waals surface area contributed by atoms with Gasteiger partial charge >= 0.3 is 0 Å². The second kappa shape index (κ2) is 12.6. The summed E-state index contributed by atoms with van der Waals surface area (Å²) < 4.78 is 12.0. The predicted octanol–water partition coefficient (Wildman–Crippen LogP) is 5.70. The number of ether oxygens (including phenoxy) is 2. The van der Waals surface area contributed by atoms with E-state index in [2.05, 4.69) is 68.5 Å². The van der Waals surface area contributed by atoms with Gasteiger partial charge in [-0.15, -0.1) is 0 Å². The monoisotopic (exact) mass is 523 g/mol. The molecule has 0 saturated carbocycles. The Hall–Kier alpha value is -2.15.